The molecule has 0 amide bonds. The fraction of sp³-hybridized carbons (Fsp3) is 0.273. The number of fused-ring (bicyclic) bond motifs is 1. The lowest BCUT2D eigenvalue weighted by Crippen LogP contribution is -2.02. The zero-order chi connectivity index (χ0) is 11.7. The normalized spacial score (nSPS) is 10.7. The van der Waals surface area contributed by atoms with Gasteiger partial charge in [-0.3, -0.25) is 4.68 Å². The molecular formula is C11H11BrN2O2. The number of halogens is 1. The summed E-state index contributed by atoms with van der Waals surface area (Å²) in [6.45, 7) is 2.77. The predicted octanol–water partition coefficient (Wildman–Crippen LogP) is 2.61. The Balaban J connectivity index is 2.74. The minimum Gasteiger partial charge on any atom is -0.465 e. The van der Waals surface area contributed by atoms with Gasteiger partial charge in [0.2, 0.25) is 0 Å². The molecule has 0 unspecified atom stereocenters. The molecule has 0 aliphatic rings. The number of carbonyl (C=O) groups is 1. The molecule has 0 saturated heterocycles. The molecule has 84 valence electrons. The monoisotopic (exact) mass is 282 g/mol. The third-order valence-electron chi connectivity index (χ3n) is 2.43. The van der Waals surface area contributed by atoms with Crippen molar-refractivity contribution in [2.75, 3.05) is 7.11 Å². The molecule has 5 heteroatoms. The maximum absolute atomic E-state index is 11.6. The summed E-state index contributed by atoms with van der Waals surface area (Å²) < 4.78 is 7.43. The van der Waals surface area contributed by atoms with Gasteiger partial charge in [-0.05, 0) is 19.1 Å². The highest BCUT2D eigenvalue weighted by atomic mass is 79.9. The van der Waals surface area contributed by atoms with Gasteiger partial charge in [0.05, 0.1) is 24.4 Å². The molecule has 16 heavy (non-hydrogen) atoms. The van der Waals surface area contributed by atoms with E-state index in [9.17, 15) is 4.79 Å². The Kier molecular flexibility index (Phi) is 2.96. The number of carbonyl (C=O) groups excluding carboxylic acids is 1. The minimum absolute atomic E-state index is 0.345. The van der Waals surface area contributed by atoms with E-state index in [-0.39, 0.29) is 5.97 Å². The van der Waals surface area contributed by atoms with Gasteiger partial charge in [-0.25, -0.2) is 4.79 Å². The van der Waals surface area contributed by atoms with Gasteiger partial charge in [0.15, 0.2) is 0 Å². The smallest absolute Gasteiger partial charge is 0.338 e. The van der Waals surface area contributed by atoms with Crippen LogP contribution in [0.1, 0.15) is 17.3 Å². The highest BCUT2D eigenvalue weighted by Crippen LogP contribution is 2.24. The molecule has 2 aromatic rings. The molecule has 0 aliphatic carbocycles. The number of aromatic nitrogens is 2. The summed E-state index contributed by atoms with van der Waals surface area (Å²) in [6, 6.07) is 3.69. The van der Waals surface area contributed by atoms with Crippen LogP contribution in [-0.2, 0) is 11.3 Å². The Morgan fingerprint density at radius 3 is 2.94 bits per heavy atom. The van der Waals surface area contributed by atoms with Crippen LogP contribution in [0.5, 0.6) is 0 Å². The first-order valence-corrected chi connectivity index (χ1v) is 5.70. The van der Waals surface area contributed by atoms with Crippen molar-refractivity contribution in [1.29, 1.82) is 0 Å². The van der Waals surface area contributed by atoms with Gasteiger partial charge >= 0.3 is 5.97 Å². The Bertz CT molecular complexity index is 548. The molecule has 4 nitrogen and oxygen atoms in total. The summed E-state index contributed by atoms with van der Waals surface area (Å²) in [5.41, 5.74) is 1.46. The zero-order valence-electron chi connectivity index (χ0n) is 9.03. The number of hydrogen-bond acceptors (Lipinski definition) is 3. The highest BCUT2D eigenvalue weighted by Gasteiger charge is 2.14. The van der Waals surface area contributed by atoms with Gasteiger partial charge in [-0.1, -0.05) is 15.9 Å². The average Bonchev–Trinajstić information content (AvgIpc) is 2.69. The van der Waals surface area contributed by atoms with Crippen LogP contribution in [0.3, 0.4) is 0 Å². The molecular weight excluding hydrogens is 272 g/mol. The molecule has 0 atom stereocenters. The Morgan fingerprint density at radius 2 is 2.31 bits per heavy atom. The second-order valence-corrected chi connectivity index (χ2v) is 4.25. The van der Waals surface area contributed by atoms with Crippen molar-refractivity contribution >= 4 is 32.8 Å². The van der Waals surface area contributed by atoms with Crippen LogP contribution < -0.4 is 0 Å². The lowest BCUT2D eigenvalue weighted by Gasteiger charge is -2.03. The molecule has 0 N–H and O–H groups in total. The molecule has 0 bridgehead atoms. The van der Waals surface area contributed by atoms with Gasteiger partial charge in [0.1, 0.15) is 0 Å². The minimum atomic E-state index is -0.345. The maximum atomic E-state index is 11.6. The molecule has 0 fully saturated rings. The first-order valence-electron chi connectivity index (χ1n) is 4.90. The van der Waals surface area contributed by atoms with Crippen LogP contribution in [-0.4, -0.2) is 22.9 Å². The van der Waals surface area contributed by atoms with E-state index < -0.39 is 0 Å². The fourth-order valence-corrected chi connectivity index (χ4v) is 2.12. The third-order valence-corrected chi connectivity index (χ3v) is 2.89. The van der Waals surface area contributed by atoms with Crippen molar-refractivity contribution < 1.29 is 9.53 Å². The van der Waals surface area contributed by atoms with Crippen LogP contribution >= 0.6 is 15.9 Å². The summed E-state index contributed by atoms with van der Waals surface area (Å²) >= 11 is 3.38. The quantitative estimate of drug-likeness (QED) is 0.796. The average molecular weight is 283 g/mol. The Morgan fingerprint density at radius 1 is 1.56 bits per heavy atom. The van der Waals surface area contributed by atoms with Crippen LogP contribution in [0.4, 0.5) is 0 Å². The van der Waals surface area contributed by atoms with Crippen molar-refractivity contribution in [2.24, 2.45) is 0 Å². The molecule has 0 saturated carbocycles. The standard InChI is InChI=1S/C11H11BrN2O2/c1-3-14-10-5-7(12)4-8(11(15)16-2)9(10)6-13-14/h4-6H,3H2,1-2H3. The first-order chi connectivity index (χ1) is 7.67. The molecule has 2 rings (SSSR count). The lowest BCUT2D eigenvalue weighted by atomic mass is 10.1. The Labute approximate surface area is 101 Å². The largest absolute Gasteiger partial charge is 0.465 e. The maximum Gasteiger partial charge on any atom is 0.338 e. The van der Waals surface area contributed by atoms with Crippen molar-refractivity contribution in [3.05, 3.63) is 28.4 Å². The van der Waals surface area contributed by atoms with Gasteiger partial charge in [0, 0.05) is 16.4 Å². The van der Waals surface area contributed by atoms with E-state index in [1.165, 1.54) is 7.11 Å². The highest BCUT2D eigenvalue weighted by molar-refractivity contribution is 9.10. The molecule has 1 aromatic heterocycles. The van der Waals surface area contributed by atoms with Crippen molar-refractivity contribution in [3.8, 4) is 0 Å². The molecule has 0 spiro atoms. The summed E-state index contributed by atoms with van der Waals surface area (Å²) in [5, 5.41) is 5.04. The van der Waals surface area contributed by atoms with Crippen LogP contribution in [0.25, 0.3) is 10.9 Å². The van der Waals surface area contributed by atoms with E-state index in [1.807, 2.05) is 17.7 Å². The van der Waals surface area contributed by atoms with E-state index in [0.29, 0.717) is 5.56 Å². The van der Waals surface area contributed by atoms with Crippen molar-refractivity contribution in [1.82, 2.24) is 9.78 Å². The predicted molar refractivity (Wildman–Crippen MR) is 64.4 cm³/mol. The second kappa shape index (κ2) is 4.25. The third kappa shape index (κ3) is 1.71. The van der Waals surface area contributed by atoms with E-state index in [1.54, 1.807) is 12.3 Å². The van der Waals surface area contributed by atoms with E-state index in [2.05, 4.69) is 21.0 Å². The first kappa shape index (κ1) is 11.1. The Hall–Kier alpha value is -1.36. The van der Waals surface area contributed by atoms with Crippen molar-refractivity contribution in [2.45, 2.75) is 13.5 Å². The van der Waals surface area contributed by atoms with E-state index in [0.717, 1.165) is 21.9 Å². The number of esters is 1. The molecule has 0 aliphatic heterocycles. The molecule has 1 heterocycles. The summed E-state index contributed by atoms with van der Waals surface area (Å²) in [4.78, 5) is 11.6. The number of hydrogen-bond donors (Lipinski definition) is 0. The second-order valence-electron chi connectivity index (χ2n) is 3.34. The number of benzene rings is 1. The fourth-order valence-electron chi connectivity index (χ4n) is 1.67. The van der Waals surface area contributed by atoms with Crippen molar-refractivity contribution in [3.63, 3.8) is 0 Å². The number of nitrogens with zero attached hydrogens (tertiary/aromatic N) is 2. The number of methoxy groups -OCH3 is 1. The van der Waals surface area contributed by atoms with Crippen LogP contribution in [0.15, 0.2) is 22.8 Å². The number of aryl methyl sites for hydroxylation is 1. The van der Waals surface area contributed by atoms with Gasteiger partial charge < -0.3 is 4.74 Å². The number of ether oxygens (including phenoxy) is 1. The van der Waals surface area contributed by atoms with Gasteiger partial charge in [0.25, 0.3) is 0 Å². The van der Waals surface area contributed by atoms with Gasteiger partial charge in [-0.15, -0.1) is 0 Å². The summed E-state index contributed by atoms with van der Waals surface area (Å²) in [7, 11) is 1.37. The zero-order valence-corrected chi connectivity index (χ0v) is 10.6. The SMILES string of the molecule is CCn1ncc2c(C(=O)OC)cc(Br)cc21. The van der Waals surface area contributed by atoms with Crippen LogP contribution in [0, 0.1) is 0 Å². The number of rotatable bonds is 2. The van der Waals surface area contributed by atoms with Crippen LogP contribution in [0.2, 0.25) is 0 Å². The van der Waals surface area contributed by atoms with E-state index >= 15 is 0 Å². The summed E-state index contributed by atoms with van der Waals surface area (Å²) in [5.74, 6) is -0.345. The summed E-state index contributed by atoms with van der Waals surface area (Å²) in [6.07, 6.45) is 1.69. The van der Waals surface area contributed by atoms with Gasteiger partial charge in [-0.2, -0.15) is 5.10 Å². The topological polar surface area (TPSA) is 44.1 Å². The molecule has 1 aromatic carbocycles. The van der Waals surface area contributed by atoms with E-state index in [4.69, 9.17) is 4.74 Å². The lowest BCUT2D eigenvalue weighted by molar-refractivity contribution is 0.0603. The molecule has 0 radical (unpaired) electrons.